The zero-order valence-electron chi connectivity index (χ0n) is 18.3. The Hall–Kier alpha value is -1.41. The Morgan fingerprint density at radius 1 is 1.07 bits per heavy atom. The largest absolute Gasteiger partial charge is 0.317 e. The highest BCUT2D eigenvalue weighted by molar-refractivity contribution is 5.90. The molecule has 1 aromatic carbocycles. The van der Waals surface area contributed by atoms with Crippen molar-refractivity contribution in [3.63, 3.8) is 0 Å². The molecule has 2 aliphatic rings. The van der Waals surface area contributed by atoms with Crippen LogP contribution in [0.25, 0.3) is 5.70 Å². The molecule has 0 saturated carbocycles. The first-order valence-electron chi connectivity index (χ1n) is 10.9. The fourth-order valence-electron chi connectivity index (χ4n) is 4.69. The van der Waals surface area contributed by atoms with Gasteiger partial charge in [0.1, 0.15) is 0 Å². The highest BCUT2D eigenvalue weighted by Gasteiger charge is 2.37. The van der Waals surface area contributed by atoms with Crippen LogP contribution in [0.3, 0.4) is 0 Å². The normalized spacial score (nSPS) is 23.2. The third-order valence-corrected chi connectivity index (χ3v) is 6.77. The first-order valence-corrected chi connectivity index (χ1v) is 10.9. The van der Waals surface area contributed by atoms with Crippen molar-refractivity contribution in [3.05, 3.63) is 41.0 Å². The van der Waals surface area contributed by atoms with Gasteiger partial charge in [-0.25, -0.2) is 0 Å². The van der Waals surface area contributed by atoms with Crippen molar-refractivity contribution in [1.82, 2.24) is 5.32 Å². The van der Waals surface area contributed by atoms with Crippen LogP contribution in [0.2, 0.25) is 0 Å². The minimum absolute atomic E-state index is 0.242. The van der Waals surface area contributed by atoms with Crippen molar-refractivity contribution in [2.24, 2.45) is 10.9 Å². The smallest absolute Gasteiger partial charge is 0.0661 e. The lowest BCUT2D eigenvalue weighted by Crippen LogP contribution is -2.33. The average Bonchev–Trinajstić information content (AvgIpc) is 2.65. The molecule has 0 spiro atoms. The Balaban J connectivity index is 1.99. The van der Waals surface area contributed by atoms with Gasteiger partial charge in [0.05, 0.1) is 5.70 Å². The molecule has 2 nitrogen and oxygen atoms in total. The predicted octanol–water partition coefficient (Wildman–Crippen LogP) is 6.25. The SMILES string of the molecule is CC/C=C(\N=C(C)C1CCNCC1)c1ccc2c(c1)C(C)(C)CCC2(C)C. The summed E-state index contributed by atoms with van der Waals surface area (Å²) < 4.78 is 0. The lowest BCUT2D eigenvalue weighted by Gasteiger charge is -2.42. The highest BCUT2D eigenvalue weighted by Crippen LogP contribution is 2.46. The van der Waals surface area contributed by atoms with E-state index >= 15 is 0 Å². The second-order valence-electron chi connectivity index (χ2n) is 9.80. The fourth-order valence-corrected chi connectivity index (χ4v) is 4.69. The minimum atomic E-state index is 0.242. The molecule has 3 rings (SSSR count). The summed E-state index contributed by atoms with van der Waals surface area (Å²) in [5.41, 5.74) is 7.31. The lowest BCUT2D eigenvalue weighted by atomic mass is 9.63. The van der Waals surface area contributed by atoms with E-state index in [1.165, 1.54) is 48.1 Å². The van der Waals surface area contributed by atoms with Crippen LogP contribution in [0.1, 0.15) is 90.3 Å². The molecule has 1 N–H and O–H groups in total. The van der Waals surface area contributed by atoms with Gasteiger partial charge >= 0.3 is 0 Å². The quantitative estimate of drug-likeness (QED) is 0.626. The second-order valence-corrected chi connectivity index (χ2v) is 9.80. The van der Waals surface area contributed by atoms with Crippen molar-refractivity contribution in [2.45, 2.75) is 84.5 Å². The van der Waals surface area contributed by atoms with E-state index in [1.807, 2.05) is 0 Å². The predicted molar refractivity (Wildman–Crippen MR) is 119 cm³/mol. The molecule has 1 aliphatic carbocycles. The third kappa shape index (κ3) is 4.37. The maximum absolute atomic E-state index is 5.14. The van der Waals surface area contributed by atoms with E-state index in [0.717, 1.165) is 25.2 Å². The van der Waals surface area contributed by atoms with E-state index < -0.39 is 0 Å². The topological polar surface area (TPSA) is 24.4 Å². The summed E-state index contributed by atoms with van der Waals surface area (Å²) in [5.74, 6) is 0.625. The summed E-state index contributed by atoms with van der Waals surface area (Å²) in [6, 6.07) is 7.13. The van der Waals surface area contributed by atoms with Gasteiger partial charge in [0.2, 0.25) is 0 Å². The molecule has 0 amide bonds. The molecule has 1 aliphatic heterocycles. The molecule has 0 radical (unpaired) electrons. The van der Waals surface area contributed by atoms with Crippen LogP contribution in [0.5, 0.6) is 0 Å². The van der Waals surface area contributed by atoms with E-state index in [0.29, 0.717) is 5.92 Å². The van der Waals surface area contributed by atoms with Gasteiger partial charge < -0.3 is 5.32 Å². The number of rotatable bonds is 4. The van der Waals surface area contributed by atoms with E-state index in [9.17, 15) is 0 Å². The summed E-state index contributed by atoms with van der Waals surface area (Å²) in [4.78, 5) is 5.14. The summed E-state index contributed by atoms with van der Waals surface area (Å²) >= 11 is 0. The zero-order chi connectivity index (χ0) is 19.7. The number of hydrogen-bond acceptors (Lipinski definition) is 2. The number of hydrogen-bond donors (Lipinski definition) is 1. The van der Waals surface area contributed by atoms with Gasteiger partial charge in [-0.3, -0.25) is 4.99 Å². The highest BCUT2D eigenvalue weighted by atomic mass is 14.9. The third-order valence-electron chi connectivity index (χ3n) is 6.77. The molecule has 1 fully saturated rings. The van der Waals surface area contributed by atoms with Gasteiger partial charge in [-0.05, 0) is 86.1 Å². The van der Waals surface area contributed by atoms with E-state index in [2.05, 4.69) is 71.1 Å². The van der Waals surface area contributed by atoms with Crippen molar-refractivity contribution in [1.29, 1.82) is 0 Å². The molecule has 1 heterocycles. The van der Waals surface area contributed by atoms with Gasteiger partial charge in [-0.15, -0.1) is 0 Å². The van der Waals surface area contributed by atoms with Crippen molar-refractivity contribution < 1.29 is 0 Å². The van der Waals surface area contributed by atoms with Crippen LogP contribution in [-0.2, 0) is 10.8 Å². The summed E-state index contributed by atoms with van der Waals surface area (Å²) in [5, 5.41) is 3.46. The Morgan fingerprint density at radius 3 is 2.33 bits per heavy atom. The Morgan fingerprint density at radius 2 is 1.70 bits per heavy atom. The standard InChI is InChI=1S/C25H38N2/c1-7-8-23(27-18(2)19-11-15-26-16-12-19)20-9-10-21-22(17-20)25(5,6)14-13-24(21,3)4/h8-10,17,19,26H,7,11-16H2,1-6H3/b23-8-,27-18?. The molecule has 0 aromatic heterocycles. The number of benzene rings is 1. The molecule has 0 bridgehead atoms. The number of piperidine rings is 1. The van der Waals surface area contributed by atoms with Crippen molar-refractivity contribution in [3.8, 4) is 0 Å². The van der Waals surface area contributed by atoms with Crippen LogP contribution >= 0.6 is 0 Å². The molecule has 148 valence electrons. The molecule has 0 unspecified atom stereocenters. The maximum Gasteiger partial charge on any atom is 0.0661 e. The van der Waals surface area contributed by atoms with Crippen LogP contribution in [0, 0.1) is 5.92 Å². The number of nitrogens with one attached hydrogen (secondary N) is 1. The number of aliphatic imine (C=N–C) groups is 1. The van der Waals surface area contributed by atoms with E-state index in [4.69, 9.17) is 4.99 Å². The lowest BCUT2D eigenvalue weighted by molar-refractivity contribution is 0.332. The molecule has 1 aromatic rings. The number of fused-ring (bicyclic) bond motifs is 1. The van der Waals surface area contributed by atoms with Crippen molar-refractivity contribution >= 4 is 11.4 Å². The Bertz CT molecular complexity index is 731. The Kier molecular flexibility index (Phi) is 5.96. The monoisotopic (exact) mass is 366 g/mol. The van der Waals surface area contributed by atoms with Crippen LogP contribution in [-0.4, -0.2) is 18.8 Å². The number of nitrogens with zero attached hydrogens (tertiary/aromatic N) is 1. The zero-order valence-corrected chi connectivity index (χ0v) is 18.3. The number of allylic oxidation sites excluding steroid dienone is 1. The van der Waals surface area contributed by atoms with Gasteiger partial charge in [-0.2, -0.15) is 0 Å². The van der Waals surface area contributed by atoms with Crippen molar-refractivity contribution in [2.75, 3.05) is 13.1 Å². The first-order chi connectivity index (χ1) is 12.7. The molecule has 1 saturated heterocycles. The van der Waals surface area contributed by atoms with Gasteiger partial charge in [0, 0.05) is 11.3 Å². The molecule has 27 heavy (non-hydrogen) atoms. The van der Waals surface area contributed by atoms with Gasteiger partial charge in [0.25, 0.3) is 0 Å². The Labute approximate surface area is 166 Å². The van der Waals surface area contributed by atoms with E-state index in [-0.39, 0.29) is 10.8 Å². The van der Waals surface area contributed by atoms with Gasteiger partial charge in [0.15, 0.2) is 0 Å². The van der Waals surface area contributed by atoms with Crippen LogP contribution < -0.4 is 5.32 Å². The second kappa shape index (κ2) is 7.91. The van der Waals surface area contributed by atoms with Crippen LogP contribution in [0.15, 0.2) is 29.3 Å². The van der Waals surface area contributed by atoms with Gasteiger partial charge in [-0.1, -0.05) is 52.8 Å². The van der Waals surface area contributed by atoms with Crippen LogP contribution in [0.4, 0.5) is 0 Å². The summed E-state index contributed by atoms with van der Waals surface area (Å²) in [6.45, 7) is 16.3. The molecule has 2 heteroatoms. The summed E-state index contributed by atoms with van der Waals surface area (Å²) in [7, 11) is 0. The molecular formula is C25H38N2. The summed E-state index contributed by atoms with van der Waals surface area (Å²) in [6.07, 6.45) is 8.25. The maximum atomic E-state index is 5.14. The molecular weight excluding hydrogens is 328 g/mol. The average molecular weight is 367 g/mol. The van der Waals surface area contributed by atoms with E-state index in [1.54, 1.807) is 0 Å². The molecule has 0 atom stereocenters. The minimum Gasteiger partial charge on any atom is -0.317 e. The fraction of sp³-hybridized carbons (Fsp3) is 0.640. The first kappa shape index (κ1) is 20.3.